The zero-order chi connectivity index (χ0) is 15.3. The Morgan fingerprint density at radius 2 is 2.24 bits per heavy atom. The molecule has 1 saturated carbocycles. The Kier molecular flexibility index (Phi) is 3.31. The first kappa shape index (κ1) is 14.5. The van der Waals surface area contributed by atoms with E-state index in [0.29, 0.717) is 17.5 Å². The van der Waals surface area contributed by atoms with Crippen molar-refractivity contribution in [1.29, 1.82) is 0 Å². The highest BCUT2D eigenvalue weighted by atomic mass is 19.4. The lowest BCUT2D eigenvalue weighted by atomic mass is 10.0. The van der Waals surface area contributed by atoms with Crippen molar-refractivity contribution in [2.45, 2.75) is 32.5 Å². The molecule has 2 heterocycles. The molecule has 2 aliphatic rings. The van der Waals surface area contributed by atoms with E-state index in [0.717, 1.165) is 31.5 Å². The van der Waals surface area contributed by atoms with Crippen LogP contribution in [0, 0.1) is 11.3 Å². The fourth-order valence-electron chi connectivity index (χ4n) is 3.42. The number of aromatic nitrogens is 1. The Morgan fingerprint density at radius 1 is 1.52 bits per heavy atom. The first-order valence-electron chi connectivity index (χ1n) is 7.08. The van der Waals surface area contributed by atoms with E-state index in [1.807, 2.05) is 0 Å². The Bertz CT molecular complexity index is 573. The Balaban J connectivity index is 1.76. The molecule has 1 aromatic heterocycles. The van der Waals surface area contributed by atoms with Crippen LogP contribution in [-0.4, -0.2) is 29.3 Å². The van der Waals surface area contributed by atoms with Crippen molar-refractivity contribution < 1.29 is 18.0 Å². The van der Waals surface area contributed by atoms with Gasteiger partial charge < -0.3 is 0 Å². The third kappa shape index (κ3) is 2.69. The topological polar surface area (TPSA) is 33.2 Å². The van der Waals surface area contributed by atoms with Gasteiger partial charge in [-0.25, -0.2) is 0 Å². The van der Waals surface area contributed by atoms with Crippen LogP contribution in [0.2, 0.25) is 0 Å². The summed E-state index contributed by atoms with van der Waals surface area (Å²) in [5, 5.41) is 0. The Morgan fingerprint density at radius 3 is 2.76 bits per heavy atom. The van der Waals surface area contributed by atoms with Gasteiger partial charge in [0.15, 0.2) is 6.29 Å². The van der Waals surface area contributed by atoms with E-state index in [1.54, 1.807) is 0 Å². The summed E-state index contributed by atoms with van der Waals surface area (Å²) in [6, 6.07) is 1.05. The normalized spacial score (nSPS) is 29.0. The van der Waals surface area contributed by atoms with Crippen LogP contribution in [0.15, 0.2) is 12.3 Å². The summed E-state index contributed by atoms with van der Waals surface area (Å²) in [7, 11) is 0. The molecule has 0 aromatic carbocycles. The molecule has 1 unspecified atom stereocenters. The fourth-order valence-corrected chi connectivity index (χ4v) is 3.42. The third-order valence-electron chi connectivity index (χ3n) is 4.86. The highest BCUT2D eigenvalue weighted by molar-refractivity contribution is 5.74. The number of pyridine rings is 1. The first-order valence-corrected chi connectivity index (χ1v) is 7.08. The number of carbonyl (C=O) groups is 1. The third-order valence-corrected chi connectivity index (χ3v) is 4.86. The highest BCUT2D eigenvalue weighted by Gasteiger charge is 2.54. The number of halogens is 3. The summed E-state index contributed by atoms with van der Waals surface area (Å²) >= 11 is 0. The lowest BCUT2D eigenvalue weighted by Crippen LogP contribution is -2.22. The maximum absolute atomic E-state index is 12.9. The van der Waals surface area contributed by atoms with Gasteiger partial charge in [0.25, 0.3) is 0 Å². The van der Waals surface area contributed by atoms with Crippen molar-refractivity contribution in [2.75, 3.05) is 13.1 Å². The molecule has 1 saturated heterocycles. The summed E-state index contributed by atoms with van der Waals surface area (Å²) < 4.78 is 38.7. The van der Waals surface area contributed by atoms with Crippen LogP contribution in [0.3, 0.4) is 0 Å². The molecule has 114 valence electrons. The molecule has 1 spiro atoms. The van der Waals surface area contributed by atoms with Gasteiger partial charge >= 0.3 is 6.18 Å². The number of hydrogen-bond donors (Lipinski definition) is 0. The van der Waals surface area contributed by atoms with E-state index < -0.39 is 17.4 Å². The van der Waals surface area contributed by atoms with Crippen molar-refractivity contribution in [1.82, 2.24) is 9.88 Å². The molecule has 3 nitrogen and oxygen atoms in total. The quantitative estimate of drug-likeness (QED) is 0.804. The monoisotopic (exact) mass is 298 g/mol. The number of alkyl halides is 3. The van der Waals surface area contributed by atoms with Crippen molar-refractivity contribution in [3.63, 3.8) is 0 Å². The number of aldehydes is 1. The van der Waals surface area contributed by atoms with E-state index >= 15 is 0 Å². The van der Waals surface area contributed by atoms with Crippen LogP contribution < -0.4 is 0 Å². The minimum Gasteiger partial charge on any atom is -0.298 e. The van der Waals surface area contributed by atoms with Gasteiger partial charge in [0.2, 0.25) is 0 Å². The standard InChI is InChI=1S/C15H17F3N2O/c1-10-5-14(10)2-3-20(9-14)7-11-4-12(15(16,17)18)13(8-21)19-6-11/h4,6,8,10H,2-3,5,7,9H2,1H3/t10-,14?/m0/s1. The number of likely N-dealkylation sites (tertiary alicyclic amines) is 1. The average molecular weight is 298 g/mol. The highest BCUT2D eigenvalue weighted by Crippen LogP contribution is 2.58. The molecule has 1 aliphatic carbocycles. The fraction of sp³-hybridized carbons (Fsp3) is 0.600. The Labute approximate surface area is 121 Å². The number of rotatable bonds is 3. The number of carbonyl (C=O) groups excluding carboxylic acids is 1. The molecule has 21 heavy (non-hydrogen) atoms. The zero-order valence-electron chi connectivity index (χ0n) is 11.8. The molecule has 0 N–H and O–H groups in total. The maximum Gasteiger partial charge on any atom is 0.418 e. The maximum atomic E-state index is 12.9. The van der Waals surface area contributed by atoms with Crippen molar-refractivity contribution in [3.8, 4) is 0 Å². The predicted octanol–water partition coefficient (Wildman–Crippen LogP) is 3.14. The molecule has 2 fully saturated rings. The van der Waals surface area contributed by atoms with Gasteiger partial charge in [-0.15, -0.1) is 0 Å². The van der Waals surface area contributed by atoms with Crippen LogP contribution in [0.1, 0.15) is 41.4 Å². The molecular weight excluding hydrogens is 281 g/mol. The van der Waals surface area contributed by atoms with Gasteiger partial charge in [0, 0.05) is 19.3 Å². The molecule has 2 atom stereocenters. The number of hydrogen-bond acceptors (Lipinski definition) is 3. The predicted molar refractivity (Wildman–Crippen MR) is 70.7 cm³/mol. The lowest BCUT2D eigenvalue weighted by Gasteiger charge is -2.17. The van der Waals surface area contributed by atoms with Gasteiger partial charge in [-0.3, -0.25) is 14.7 Å². The van der Waals surface area contributed by atoms with Gasteiger partial charge in [-0.2, -0.15) is 13.2 Å². The van der Waals surface area contributed by atoms with Gasteiger partial charge in [-0.1, -0.05) is 6.92 Å². The zero-order valence-corrected chi connectivity index (χ0v) is 11.8. The van der Waals surface area contributed by atoms with Crippen LogP contribution in [0.5, 0.6) is 0 Å². The summed E-state index contributed by atoms with van der Waals surface area (Å²) in [6.45, 7) is 4.56. The van der Waals surface area contributed by atoms with Crippen molar-refractivity contribution in [2.24, 2.45) is 11.3 Å². The van der Waals surface area contributed by atoms with Gasteiger partial charge in [-0.05, 0) is 42.3 Å². The lowest BCUT2D eigenvalue weighted by molar-refractivity contribution is -0.138. The SMILES string of the molecule is C[C@H]1CC12CCN(Cc1cnc(C=O)c(C(F)(F)F)c1)C2. The van der Waals surface area contributed by atoms with Crippen LogP contribution >= 0.6 is 0 Å². The second-order valence-electron chi connectivity index (χ2n) is 6.32. The van der Waals surface area contributed by atoms with Gasteiger partial charge in [0.1, 0.15) is 5.69 Å². The molecule has 0 bridgehead atoms. The molecule has 1 aliphatic heterocycles. The summed E-state index contributed by atoms with van der Waals surface area (Å²) in [4.78, 5) is 16.5. The first-order chi connectivity index (χ1) is 9.84. The molecular formula is C15H17F3N2O. The van der Waals surface area contributed by atoms with Gasteiger partial charge in [0.05, 0.1) is 5.56 Å². The molecule has 0 radical (unpaired) electrons. The average Bonchev–Trinajstić information content (AvgIpc) is 2.85. The summed E-state index contributed by atoms with van der Waals surface area (Å²) in [5.41, 5.74) is -0.565. The van der Waals surface area contributed by atoms with E-state index in [9.17, 15) is 18.0 Å². The molecule has 3 rings (SSSR count). The minimum absolute atomic E-state index is 0.156. The van der Waals surface area contributed by atoms with Crippen molar-refractivity contribution in [3.05, 3.63) is 29.1 Å². The minimum atomic E-state index is -4.55. The molecule has 0 amide bonds. The van der Waals surface area contributed by atoms with E-state index in [2.05, 4.69) is 16.8 Å². The second-order valence-corrected chi connectivity index (χ2v) is 6.32. The second kappa shape index (κ2) is 4.80. The molecule has 6 heteroatoms. The Hall–Kier alpha value is -1.43. The summed E-state index contributed by atoms with van der Waals surface area (Å²) in [5.74, 6) is 0.726. The van der Waals surface area contributed by atoms with Crippen LogP contribution in [0.4, 0.5) is 13.2 Å². The van der Waals surface area contributed by atoms with E-state index in [4.69, 9.17) is 0 Å². The summed E-state index contributed by atoms with van der Waals surface area (Å²) in [6.07, 6.45) is -0.667. The van der Waals surface area contributed by atoms with Crippen LogP contribution in [-0.2, 0) is 12.7 Å². The van der Waals surface area contributed by atoms with Crippen molar-refractivity contribution >= 4 is 6.29 Å². The molecule has 1 aromatic rings. The van der Waals surface area contributed by atoms with E-state index in [-0.39, 0.29) is 6.29 Å². The van der Waals surface area contributed by atoms with Crippen LogP contribution in [0.25, 0.3) is 0 Å². The van der Waals surface area contributed by atoms with E-state index in [1.165, 1.54) is 12.6 Å². The number of nitrogens with zero attached hydrogens (tertiary/aromatic N) is 2. The largest absolute Gasteiger partial charge is 0.418 e. The smallest absolute Gasteiger partial charge is 0.298 e.